The number of imidazole rings is 1. The van der Waals surface area contributed by atoms with E-state index >= 15 is 0 Å². The van der Waals surface area contributed by atoms with Gasteiger partial charge in [-0.1, -0.05) is 18.2 Å². The third-order valence-electron chi connectivity index (χ3n) is 5.10. The quantitative estimate of drug-likeness (QED) is 0.451. The minimum Gasteiger partial charge on any atom is -0.454 e. The van der Waals surface area contributed by atoms with Crippen LogP contribution in [0.1, 0.15) is 0 Å². The number of hydrogen-bond acceptors (Lipinski definition) is 6. The van der Waals surface area contributed by atoms with E-state index in [0.717, 1.165) is 0 Å². The number of rotatable bonds is 6. The topological polar surface area (TPSA) is 99.5 Å². The first kappa shape index (κ1) is 21.7. The fourth-order valence-corrected chi connectivity index (χ4v) is 4.76. The number of hydrogen-bond donors (Lipinski definition) is 1. The Hall–Kier alpha value is -4.18. The van der Waals surface area contributed by atoms with E-state index in [2.05, 4.69) is 10.3 Å². The molecule has 3 aromatic carbocycles. The van der Waals surface area contributed by atoms with Gasteiger partial charge in [-0.05, 0) is 54.6 Å². The van der Waals surface area contributed by atoms with Gasteiger partial charge in [0.15, 0.2) is 11.5 Å². The molecule has 1 aromatic heterocycles. The van der Waals surface area contributed by atoms with Gasteiger partial charge in [0.05, 0.1) is 5.69 Å². The van der Waals surface area contributed by atoms with Crippen molar-refractivity contribution in [1.29, 1.82) is 0 Å². The van der Waals surface area contributed by atoms with Crippen LogP contribution in [0, 0.1) is 5.82 Å². The Balaban J connectivity index is 1.50. The van der Waals surface area contributed by atoms with Crippen LogP contribution in [-0.4, -0.2) is 36.4 Å². The second-order valence-electron chi connectivity index (χ2n) is 7.50. The second kappa shape index (κ2) is 8.64. The molecule has 10 heteroatoms. The fraction of sp³-hybridized carbons (Fsp3) is 0.0833. The number of nitrogens with one attached hydrogen (secondary N) is 1. The molecule has 0 unspecified atom stereocenters. The van der Waals surface area contributed by atoms with E-state index in [0.29, 0.717) is 28.4 Å². The number of amides is 1. The predicted octanol–water partition coefficient (Wildman–Crippen LogP) is 3.82. The second-order valence-corrected chi connectivity index (χ2v) is 9.38. The number of carbonyl (C=O) groups excluding carboxylic acids is 1. The summed E-state index contributed by atoms with van der Waals surface area (Å²) in [6.45, 7) is 0.111. The lowest BCUT2D eigenvalue weighted by atomic mass is 10.1. The number of ether oxygens (including phenoxy) is 2. The van der Waals surface area contributed by atoms with Crippen molar-refractivity contribution in [1.82, 2.24) is 9.55 Å². The lowest BCUT2D eigenvalue weighted by molar-refractivity contribution is -0.113. The molecule has 0 spiro atoms. The molecule has 5 rings (SSSR count). The van der Waals surface area contributed by atoms with Gasteiger partial charge >= 0.3 is 0 Å². The van der Waals surface area contributed by atoms with E-state index in [1.807, 2.05) is 6.07 Å². The van der Waals surface area contributed by atoms with Gasteiger partial charge in [0.1, 0.15) is 11.6 Å². The monoisotopic (exact) mass is 479 g/mol. The zero-order valence-corrected chi connectivity index (χ0v) is 18.5. The Labute approximate surface area is 194 Å². The van der Waals surface area contributed by atoms with Crippen LogP contribution in [0.25, 0.3) is 16.9 Å². The number of carbonyl (C=O) groups is 1. The highest BCUT2D eigenvalue weighted by Gasteiger charge is 2.27. The standard InChI is InChI=1S/C24H18FN3O5S/c25-17-7-9-18(10-8-17)26-23(29)14-34(30,31)24-27-20(13-28(24)19-4-2-1-3-5-19)16-6-11-21-22(12-16)33-15-32-21/h1-13H,14-15H2,(H,26,29). The molecule has 0 saturated heterocycles. The van der Waals surface area contributed by atoms with E-state index in [1.165, 1.54) is 28.8 Å². The molecular weight excluding hydrogens is 461 g/mol. The molecule has 0 fully saturated rings. The van der Waals surface area contributed by atoms with Gasteiger partial charge in [0.2, 0.25) is 27.7 Å². The summed E-state index contributed by atoms with van der Waals surface area (Å²) in [5.41, 5.74) is 1.87. The van der Waals surface area contributed by atoms with Crippen molar-refractivity contribution in [3.63, 3.8) is 0 Å². The van der Waals surface area contributed by atoms with Crippen LogP contribution in [0.2, 0.25) is 0 Å². The third kappa shape index (κ3) is 4.35. The molecule has 2 heterocycles. The largest absolute Gasteiger partial charge is 0.454 e. The first-order valence-electron chi connectivity index (χ1n) is 10.2. The van der Waals surface area contributed by atoms with Gasteiger partial charge in [-0.25, -0.2) is 17.8 Å². The number of benzene rings is 3. The molecule has 1 amide bonds. The van der Waals surface area contributed by atoms with Crippen LogP contribution in [0.3, 0.4) is 0 Å². The molecule has 0 aliphatic carbocycles. The van der Waals surface area contributed by atoms with Crippen molar-refractivity contribution in [3.8, 4) is 28.4 Å². The van der Waals surface area contributed by atoms with E-state index in [1.54, 1.807) is 48.7 Å². The number of para-hydroxylation sites is 1. The summed E-state index contributed by atoms with van der Waals surface area (Å²) in [5, 5.41) is 2.19. The normalized spacial score (nSPS) is 12.5. The molecular formula is C24H18FN3O5S. The highest BCUT2D eigenvalue weighted by atomic mass is 32.2. The summed E-state index contributed by atoms with van der Waals surface area (Å²) in [5.74, 6) is -0.939. The first-order valence-corrected chi connectivity index (χ1v) is 11.9. The summed E-state index contributed by atoms with van der Waals surface area (Å²) in [6.07, 6.45) is 1.59. The highest BCUT2D eigenvalue weighted by Crippen LogP contribution is 2.36. The maximum absolute atomic E-state index is 13.3. The number of aromatic nitrogens is 2. The summed E-state index contributed by atoms with van der Waals surface area (Å²) in [7, 11) is -4.16. The third-order valence-corrected chi connectivity index (χ3v) is 6.59. The van der Waals surface area contributed by atoms with Crippen LogP contribution in [0.15, 0.2) is 84.1 Å². The number of halogens is 1. The lowest BCUT2D eigenvalue weighted by Crippen LogP contribution is -2.25. The smallest absolute Gasteiger partial charge is 0.240 e. The van der Waals surface area contributed by atoms with Gasteiger partial charge in [0, 0.05) is 23.1 Å². The Morgan fingerprint density at radius 3 is 2.50 bits per heavy atom. The summed E-state index contributed by atoms with van der Waals surface area (Å²) in [6, 6.07) is 19.1. The van der Waals surface area contributed by atoms with Crippen molar-refractivity contribution in [2.75, 3.05) is 17.9 Å². The molecule has 0 radical (unpaired) electrons. The summed E-state index contributed by atoms with van der Waals surface area (Å²) >= 11 is 0. The van der Waals surface area contributed by atoms with Gasteiger partial charge < -0.3 is 14.8 Å². The number of anilines is 1. The number of sulfone groups is 1. The van der Waals surface area contributed by atoms with Gasteiger partial charge in [-0.15, -0.1) is 0 Å². The van der Waals surface area contributed by atoms with Crippen LogP contribution in [0.5, 0.6) is 11.5 Å². The Morgan fingerprint density at radius 2 is 1.74 bits per heavy atom. The van der Waals surface area contributed by atoms with Crippen molar-refractivity contribution >= 4 is 21.4 Å². The molecule has 1 N–H and O–H groups in total. The minimum atomic E-state index is -4.16. The van der Waals surface area contributed by atoms with Crippen molar-refractivity contribution in [2.45, 2.75) is 5.16 Å². The molecule has 1 aliphatic rings. The summed E-state index contributed by atoms with van der Waals surface area (Å²) < 4.78 is 51.8. The first-order chi connectivity index (χ1) is 16.4. The molecule has 172 valence electrons. The summed E-state index contributed by atoms with van der Waals surface area (Å²) in [4.78, 5) is 16.9. The lowest BCUT2D eigenvalue weighted by Gasteiger charge is -2.09. The van der Waals surface area contributed by atoms with Crippen LogP contribution in [0.4, 0.5) is 10.1 Å². The zero-order chi connectivity index (χ0) is 23.7. The predicted molar refractivity (Wildman–Crippen MR) is 122 cm³/mol. The van der Waals surface area contributed by atoms with Crippen LogP contribution < -0.4 is 14.8 Å². The Bertz CT molecular complexity index is 1470. The number of fused-ring (bicyclic) bond motifs is 1. The van der Waals surface area contributed by atoms with Gasteiger partial charge in [0.25, 0.3) is 0 Å². The van der Waals surface area contributed by atoms with Crippen LogP contribution >= 0.6 is 0 Å². The maximum Gasteiger partial charge on any atom is 0.240 e. The zero-order valence-electron chi connectivity index (χ0n) is 17.6. The fourth-order valence-electron chi connectivity index (χ4n) is 3.52. The highest BCUT2D eigenvalue weighted by molar-refractivity contribution is 7.92. The van der Waals surface area contributed by atoms with E-state index in [-0.39, 0.29) is 17.6 Å². The molecule has 4 aromatic rings. The molecule has 0 bridgehead atoms. The Morgan fingerprint density at radius 1 is 1.00 bits per heavy atom. The molecule has 34 heavy (non-hydrogen) atoms. The molecule has 0 atom stereocenters. The van der Waals surface area contributed by atoms with Crippen LogP contribution in [-0.2, 0) is 14.6 Å². The molecule has 1 aliphatic heterocycles. The Kier molecular flexibility index (Phi) is 5.50. The van der Waals surface area contributed by atoms with E-state index in [4.69, 9.17) is 9.47 Å². The van der Waals surface area contributed by atoms with Crippen molar-refractivity contribution in [3.05, 3.63) is 84.8 Å². The van der Waals surface area contributed by atoms with Crippen molar-refractivity contribution in [2.24, 2.45) is 0 Å². The molecule has 0 saturated carbocycles. The SMILES string of the molecule is O=C(CS(=O)(=O)c1nc(-c2ccc3c(c2)OCO3)cn1-c1ccccc1)Nc1ccc(F)cc1. The average molecular weight is 479 g/mol. The van der Waals surface area contributed by atoms with E-state index < -0.39 is 27.3 Å². The maximum atomic E-state index is 13.3. The minimum absolute atomic E-state index is 0.111. The number of nitrogens with zero attached hydrogens (tertiary/aromatic N) is 2. The van der Waals surface area contributed by atoms with Crippen molar-refractivity contribution < 1.29 is 27.1 Å². The average Bonchev–Trinajstić information content (AvgIpc) is 3.48. The van der Waals surface area contributed by atoms with E-state index in [9.17, 15) is 17.6 Å². The molecule has 8 nitrogen and oxygen atoms in total. The van der Waals surface area contributed by atoms with Gasteiger partial charge in [-0.2, -0.15) is 0 Å². The van der Waals surface area contributed by atoms with Gasteiger partial charge in [-0.3, -0.25) is 9.36 Å².